The van der Waals surface area contributed by atoms with E-state index in [1.165, 1.54) is 33.4 Å². The van der Waals surface area contributed by atoms with E-state index in [9.17, 15) is 0 Å². The third kappa shape index (κ3) is 4.70. The molecule has 0 saturated heterocycles. The predicted octanol–water partition coefficient (Wildman–Crippen LogP) is 7.68. The lowest BCUT2D eigenvalue weighted by Crippen LogP contribution is -2.23. The van der Waals surface area contributed by atoms with Gasteiger partial charge in [-0.2, -0.15) is 0 Å². The Labute approximate surface area is 194 Å². The van der Waals surface area contributed by atoms with Gasteiger partial charge in [-0.1, -0.05) is 97.0 Å². The molecule has 1 aliphatic rings. The van der Waals surface area contributed by atoms with Gasteiger partial charge in [-0.15, -0.1) is 0 Å². The number of hydrogen-bond donors (Lipinski definition) is 0. The first-order valence-corrected chi connectivity index (χ1v) is 11.6. The van der Waals surface area contributed by atoms with E-state index in [2.05, 4.69) is 103 Å². The molecule has 0 amide bonds. The summed E-state index contributed by atoms with van der Waals surface area (Å²) in [5, 5.41) is 0. The van der Waals surface area contributed by atoms with Crippen LogP contribution in [0.5, 0.6) is 0 Å². The Morgan fingerprint density at radius 2 is 1.06 bits per heavy atom. The zero-order valence-corrected chi connectivity index (χ0v) is 21.3. The molecule has 0 saturated carbocycles. The molecule has 2 heteroatoms. The molecule has 32 heavy (non-hydrogen) atoms. The predicted molar refractivity (Wildman–Crippen MR) is 142 cm³/mol. The summed E-state index contributed by atoms with van der Waals surface area (Å²) in [5.41, 5.74) is 10.9. The first-order chi connectivity index (χ1) is 15.0. The normalized spacial score (nSPS) is 17.8. The average Bonchev–Trinajstić information content (AvgIpc) is 2.76. The summed E-state index contributed by atoms with van der Waals surface area (Å²) in [4.78, 5) is 9.46. The van der Waals surface area contributed by atoms with Crippen molar-refractivity contribution in [2.24, 2.45) is 9.98 Å². The maximum Gasteiger partial charge on any atom is 0.0910 e. The number of rotatable bonds is 3. The molecular weight excluding hydrogens is 388 g/mol. The molecule has 0 unspecified atom stereocenters. The van der Waals surface area contributed by atoms with E-state index in [1.54, 1.807) is 0 Å². The van der Waals surface area contributed by atoms with Crippen LogP contribution in [0.1, 0.15) is 77.1 Å². The zero-order chi connectivity index (χ0) is 23.7. The van der Waals surface area contributed by atoms with Gasteiger partial charge in [-0.3, -0.25) is 9.98 Å². The highest BCUT2D eigenvalue weighted by Gasteiger charge is 2.27. The summed E-state index contributed by atoms with van der Waals surface area (Å²) in [6.07, 6.45) is 3.26. The maximum atomic E-state index is 4.75. The number of aliphatic imine (C=N–C) groups is 2. The molecular formula is C30H38N2. The molecule has 2 aromatic rings. The van der Waals surface area contributed by atoms with Crippen LogP contribution < -0.4 is 0 Å². The minimum absolute atomic E-state index is 0.136. The molecule has 0 radical (unpaired) electrons. The smallest absolute Gasteiger partial charge is 0.0910 e. The lowest BCUT2D eigenvalue weighted by molar-refractivity contribution is 0.590. The lowest BCUT2D eigenvalue weighted by Gasteiger charge is -2.26. The van der Waals surface area contributed by atoms with Crippen LogP contribution in [0.4, 0.5) is 0 Å². The monoisotopic (exact) mass is 426 g/mol. The van der Waals surface area contributed by atoms with Gasteiger partial charge in [0.2, 0.25) is 0 Å². The highest BCUT2D eigenvalue weighted by Crippen LogP contribution is 2.36. The summed E-state index contributed by atoms with van der Waals surface area (Å²) in [5.74, 6) is 0. The molecule has 1 aliphatic carbocycles. The zero-order valence-electron chi connectivity index (χ0n) is 21.3. The summed E-state index contributed by atoms with van der Waals surface area (Å²) in [7, 11) is 3.75. The molecule has 168 valence electrons. The van der Waals surface area contributed by atoms with Crippen LogP contribution in [0, 0.1) is 0 Å². The molecule has 0 aromatic heterocycles. The second-order valence-corrected chi connectivity index (χ2v) is 10.6. The van der Waals surface area contributed by atoms with Gasteiger partial charge in [0.05, 0.1) is 11.4 Å². The lowest BCUT2D eigenvalue weighted by atomic mass is 9.79. The minimum atomic E-state index is 0.136. The van der Waals surface area contributed by atoms with E-state index in [0.29, 0.717) is 0 Å². The van der Waals surface area contributed by atoms with Crippen LogP contribution in [-0.2, 0) is 10.8 Å². The van der Waals surface area contributed by atoms with Crippen LogP contribution in [0.25, 0.3) is 11.1 Å². The molecule has 0 heterocycles. The molecule has 0 fully saturated rings. The van der Waals surface area contributed by atoms with Crippen molar-refractivity contribution >= 4 is 22.6 Å². The van der Waals surface area contributed by atoms with Gasteiger partial charge in [0.25, 0.3) is 0 Å². The first kappa shape index (κ1) is 23.9. The van der Waals surface area contributed by atoms with Gasteiger partial charge in [-0.05, 0) is 51.2 Å². The van der Waals surface area contributed by atoms with Crippen molar-refractivity contribution in [1.82, 2.24) is 0 Å². The standard InChI is InChI=1S/C30H38N2/c1-10-20-19-25(21-11-15-23(16-12-21)29(2,3)4)27(31-8)28(32-9)26(20)22-13-17-24(18-14-22)30(5,6)7/h11-19H,10H2,1-9H3. The van der Waals surface area contributed by atoms with Gasteiger partial charge in [-0.25, -0.2) is 0 Å². The van der Waals surface area contributed by atoms with Gasteiger partial charge in [0.1, 0.15) is 0 Å². The Kier molecular flexibility index (Phi) is 6.74. The van der Waals surface area contributed by atoms with E-state index < -0.39 is 0 Å². The molecule has 0 aliphatic heterocycles. The number of nitrogens with zero attached hydrogens (tertiary/aromatic N) is 2. The van der Waals surface area contributed by atoms with Gasteiger partial charge >= 0.3 is 0 Å². The molecule has 0 bridgehead atoms. The maximum absolute atomic E-state index is 4.75. The van der Waals surface area contributed by atoms with Crippen LogP contribution in [0.15, 0.2) is 70.2 Å². The number of allylic oxidation sites excluding steroid dienone is 4. The Bertz CT molecular complexity index is 1090. The topological polar surface area (TPSA) is 24.7 Å². The third-order valence-electron chi connectivity index (χ3n) is 6.29. The highest BCUT2D eigenvalue weighted by molar-refractivity contribution is 6.70. The number of benzene rings is 2. The summed E-state index contributed by atoms with van der Waals surface area (Å²) in [6, 6.07) is 17.9. The largest absolute Gasteiger partial charge is 0.286 e. The SMILES string of the molecule is CCC1=C(c2ccc(C(C)(C)C)cc2)C(=NC)C(=NC)C(c2ccc(C(C)(C)C)cc2)=C1. The van der Waals surface area contributed by atoms with Crippen molar-refractivity contribution in [3.05, 3.63) is 82.4 Å². The van der Waals surface area contributed by atoms with Gasteiger partial charge in [0, 0.05) is 25.2 Å². The molecule has 0 atom stereocenters. The molecule has 2 nitrogen and oxygen atoms in total. The van der Waals surface area contributed by atoms with E-state index in [-0.39, 0.29) is 10.8 Å². The van der Waals surface area contributed by atoms with E-state index in [4.69, 9.17) is 9.98 Å². The Morgan fingerprint density at radius 3 is 1.44 bits per heavy atom. The summed E-state index contributed by atoms with van der Waals surface area (Å²) in [6.45, 7) is 15.7. The minimum Gasteiger partial charge on any atom is -0.286 e. The average molecular weight is 427 g/mol. The fraction of sp³-hybridized carbons (Fsp3) is 0.400. The molecule has 3 rings (SSSR count). The van der Waals surface area contributed by atoms with E-state index in [0.717, 1.165) is 23.4 Å². The second-order valence-electron chi connectivity index (χ2n) is 10.6. The van der Waals surface area contributed by atoms with Crippen molar-refractivity contribution in [2.45, 2.75) is 65.7 Å². The number of hydrogen-bond acceptors (Lipinski definition) is 2. The van der Waals surface area contributed by atoms with Crippen LogP contribution >= 0.6 is 0 Å². The van der Waals surface area contributed by atoms with Crippen molar-refractivity contribution in [1.29, 1.82) is 0 Å². The molecule has 2 aromatic carbocycles. The quantitative estimate of drug-likeness (QED) is 0.450. The fourth-order valence-corrected chi connectivity index (χ4v) is 4.26. The van der Waals surface area contributed by atoms with Crippen molar-refractivity contribution in [3.63, 3.8) is 0 Å². The van der Waals surface area contributed by atoms with Crippen LogP contribution in [-0.4, -0.2) is 25.5 Å². The third-order valence-corrected chi connectivity index (χ3v) is 6.29. The summed E-state index contributed by atoms with van der Waals surface area (Å²) >= 11 is 0. The van der Waals surface area contributed by atoms with Crippen molar-refractivity contribution in [2.75, 3.05) is 14.1 Å². The Balaban J connectivity index is 2.16. The van der Waals surface area contributed by atoms with Gasteiger partial charge in [0.15, 0.2) is 0 Å². The van der Waals surface area contributed by atoms with Crippen molar-refractivity contribution in [3.8, 4) is 0 Å². The van der Waals surface area contributed by atoms with Crippen LogP contribution in [0.2, 0.25) is 0 Å². The first-order valence-electron chi connectivity index (χ1n) is 11.6. The van der Waals surface area contributed by atoms with Crippen molar-refractivity contribution < 1.29 is 0 Å². The second kappa shape index (κ2) is 9.02. The van der Waals surface area contributed by atoms with Gasteiger partial charge < -0.3 is 0 Å². The highest BCUT2D eigenvalue weighted by atomic mass is 14.8. The fourth-order valence-electron chi connectivity index (χ4n) is 4.26. The summed E-state index contributed by atoms with van der Waals surface area (Å²) < 4.78 is 0. The molecule has 0 spiro atoms. The Hall–Kier alpha value is -2.74. The van der Waals surface area contributed by atoms with E-state index in [1.807, 2.05) is 14.1 Å². The molecule has 0 N–H and O–H groups in total. The van der Waals surface area contributed by atoms with E-state index >= 15 is 0 Å². The van der Waals surface area contributed by atoms with Crippen LogP contribution in [0.3, 0.4) is 0 Å². The Morgan fingerprint density at radius 1 is 0.625 bits per heavy atom.